The van der Waals surface area contributed by atoms with Crippen LogP contribution in [0.5, 0.6) is 0 Å². The molecule has 0 fully saturated rings. The highest BCUT2D eigenvalue weighted by Gasteiger charge is 2.30. The Kier molecular flexibility index (Phi) is 14.4. The molecule has 0 heterocycles. The first-order valence-corrected chi connectivity index (χ1v) is 13.4. The Balaban J connectivity index is 2.61. The molecule has 4 heteroatoms. The minimum Gasteiger partial charge on any atom is -0.392 e. The van der Waals surface area contributed by atoms with E-state index in [2.05, 4.69) is 19.9 Å². The van der Waals surface area contributed by atoms with Crippen molar-refractivity contribution in [1.29, 1.82) is 0 Å². The van der Waals surface area contributed by atoms with Crippen molar-refractivity contribution in [2.24, 2.45) is 29.6 Å². The van der Waals surface area contributed by atoms with Crippen molar-refractivity contribution in [3.63, 3.8) is 0 Å². The van der Waals surface area contributed by atoms with Crippen molar-refractivity contribution in [3.05, 3.63) is 59.7 Å². The Hall–Kier alpha value is -1.75. The molecular formula is C31H50O4. The predicted molar refractivity (Wildman–Crippen MR) is 146 cm³/mol. The van der Waals surface area contributed by atoms with E-state index in [1.807, 2.05) is 65.0 Å². The highest BCUT2D eigenvalue weighted by Crippen LogP contribution is 2.28. The zero-order valence-corrected chi connectivity index (χ0v) is 23.0. The summed E-state index contributed by atoms with van der Waals surface area (Å²) >= 11 is 0. The van der Waals surface area contributed by atoms with Crippen LogP contribution < -0.4 is 0 Å². The molecule has 0 aromatic heterocycles. The molecule has 0 spiro atoms. The number of hydrogen-bond donors (Lipinski definition) is 3. The highest BCUT2D eigenvalue weighted by molar-refractivity contribution is 5.91. The number of hydrogen-bond acceptors (Lipinski definition) is 4. The monoisotopic (exact) mass is 486 g/mol. The molecule has 0 aliphatic rings. The van der Waals surface area contributed by atoms with Gasteiger partial charge in [-0.1, -0.05) is 102 Å². The Morgan fingerprint density at radius 3 is 2.09 bits per heavy atom. The Bertz CT molecular complexity index is 784. The van der Waals surface area contributed by atoms with Crippen molar-refractivity contribution in [2.75, 3.05) is 0 Å². The molecule has 0 amide bonds. The van der Waals surface area contributed by atoms with E-state index < -0.39 is 18.3 Å². The van der Waals surface area contributed by atoms with Crippen LogP contribution in [0.2, 0.25) is 0 Å². The minimum absolute atomic E-state index is 0.00606. The zero-order valence-electron chi connectivity index (χ0n) is 23.0. The number of carbonyl (C=O) groups excluding carboxylic acids is 1. The second-order valence-corrected chi connectivity index (χ2v) is 10.9. The summed E-state index contributed by atoms with van der Waals surface area (Å²) < 4.78 is 0. The van der Waals surface area contributed by atoms with Gasteiger partial charge in [-0.25, -0.2) is 0 Å². The van der Waals surface area contributed by atoms with E-state index in [0.29, 0.717) is 12.8 Å². The summed E-state index contributed by atoms with van der Waals surface area (Å²) in [7, 11) is 0. The predicted octanol–water partition coefficient (Wildman–Crippen LogP) is 6.14. The smallest absolute Gasteiger partial charge is 0.159 e. The van der Waals surface area contributed by atoms with Crippen molar-refractivity contribution >= 4 is 5.78 Å². The van der Waals surface area contributed by atoms with Crippen LogP contribution in [0, 0.1) is 29.6 Å². The summed E-state index contributed by atoms with van der Waals surface area (Å²) in [6.07, 6.45) is 7.98. The molecule has 0 radical (unpaired) electrons. The molecular weight excluding hydrogens is 436 g/mol. The van der Waals surface area contributed by atoms with Crippen LogP contribution in [0.3, 0.4) is 0 Å². The fourth-order valence-corrected chi connectivity index (χ4v) is 4.89. The lowest BCUT2D eigenvalue weighted by molar-refractivity contribution is -0.114. The van der Waals surface area contributed by atoms with Crippen LogP contribution >= 0.6 is 0 Å². The van der Waals surface area contributed by atoms with Gasteiger partial charge in [-0.05, 0) is 43.2 Å². The van der Waals surface area contributed by atoms with Crippen LogP contribution in [0.25, 0.3) is 0 Å². The Labute approximate surface area is 214 Å². The van der Waals surface area contributed by atoms with Gasteiger partial charge in [0.15, 0.2) is 5.78 Å². The topological polar surface area (TPSA) is 77.8 Å². The van der Waals surface area contributed by atoms with E-state index in [1.165, 1.54) is 0 Å². The van der Waals surface area contributed by atoms with E-state index in [-0.39, 0.29) is 35.4 Å². The summed E-state index contributed by atoms with van der Waals surface area (Å²) in [5, 5.41) is 32.3. The molecule has 0 saturated heterocycles. The maximum atomic E-state index is 12.2. The second kappa shape index (κ2) is 16.1. The van der Waals surface area contributed by atoms with Crippen molar-refractivity contribution in [3.8, 4) is 0 Å². The third kappa shape index (κ3) is 11.2. The van der Waals surface area contributed by atoms with E-state index in [9.17, 15) is 20.1 Å². The number of carbonyl (C=O) groups is 1. The quantitative estimate of drug-likeness (QED) is 0.194. The van der Waals surface area contributed by atoms with Gasteiger partial charge in [0.05, 0.1) is 18.3 Å². The number of unbranched alkanes of at least 4 members (excludes halogenated alkanes) is 1. The van der Waals surface area contributed by atoms with Gasteiger partial charge >= 0.3 is 0 Å². The van der Waals surface area contributed by atoms with Gasteiger partial charge in [-0.15, -0.1) is 0 Å². The largest absolute Gasteiger partial charge is 0.392 e. The van der Waals surface area contributed by atoms with E-state index in [1.54, 1.807) is 12.2 Å². The van der Waals surface area contributed by atoms with Gasteiger partial charge in [-0.2, -0.15) is 0 Å². The molecule has 35 heavy (non-hydrogen) atoms. The van der Waals surface area contributed by atoms with Crippen molar-refractivity contribution in [1.82, 2.24) is 0 Å². The molecule has 1 rings (SSSR count). The SMILES string of the molecule is CCCCC(C)C(O)C(C)C(O)C(C)CC(C)=CC(C)C(O)C(C)C=CC(=O)Cc1ccccc1. The summed E-state index contributed by atoms with van der Waals surface area (Å²) in [5.74, 6) is -0.222. The van der Waals surface area contributed by atoms with E-state index in [4.69, 9.17) is 0 Å². The Morgan fingerprint density at radius 1 is 0.886 bits per heavy atom. The summed E-state index contributed by atoms with van der Waals surface area (Å²) in [5.41, 5.74) is 2.09. The summed E-state index contributed by atoms with van der Waals surface area (Å²) in [4.78, 5) is 12.2. The normalized spacial score (nSPS) is 19.5. The summed E-state index contributed by atoms with van der Waals surface area (Å²) in [6, 6.07) is 9.65. The number of benzene rings is 1. The van der Waals surface area contributed by atoms with Crippen LogP contribution in [-0.2, 0) is 11.2 Å². The van der Waals surface area contributed by atoms with Crippen LogP contribution in [-0.4, -0.2) is 39.4 Å². The van der Waals surface area contributed by atoms with E-state index >= 15 is 0 Å². The molecule has 8 unspecified atom stereocenters. The van der Waals surface area contributed by atoms with Gasteiger partial charge in [0, 0.05) is 24.2 Å². The van der Waals surface area contributed by atoms with Crippen LogP contribution in [0.15, 0.2) is 54.1 Å². The van der Waals surface area contributed by atoms with Gasteiger partial charge in [0.1, 0.15) is 0 Å². The molecule has 1 aromatic rings. The molecule has 0 aliphatic heterocycles. The lowest BCUT2D eigenvalue weighted by Crippen LogP contribution is -2.37. The standard InChI is InChI=1S/C31H50O4/c1-8-9-13-22(3)30(34)26(7)31(35)25(6)19-21(2)18-24(5)29(33)23(4)16-17-28(32)20-27-14-11-10-12-15-27/h10-12,14-18,22-26,29-31,33-35H,8-9,13,19-20H2,1-7H3. The number of ketones is 1. The first kappa shape index (κ1) is 31.3. The fourth-order valence-electron chi connectivity index (χ4n) is 4.89. The molecule has 198 valence electrons. The average Bonchev–Trinajstić information content (AvgIpc) is 2.84. The number of aliphatic hydroxyl groups is 3. The number of allylic oxidation sites excluding steroid dienone is 2. The van der Waals surface area contributed by atoms with Gasteiger partial charge in [-0.3, -0.25) is 4.79 Å². The maximum Gasteiger partial charge on any atom is 0.159 e. The zero-order chi connectivity index (χ0) is 26.5. The van der Waals surface area contributed by atoms with Crippen molar-refractivity contribution in [2.45, 2.75) is 98.9 Å². The number of rotatable bonds is 16. The second-order valence-electron chi connectivity index (χ2n) is 10.9. The molecule has 4 nitrogen and oxygen atoms in total. The third-order valence-electron chi connectivity index (χ3n) is 7.33. The van der Waals surface area contributed by atoms with Gasteiger partial charge < -0.3 is 15.3 Å². The van der Waals surface area contributed by atoms with Crippen molar-refractivity contribution < 1.29 is 20.1 Å². The molecule has 1 aromatic carbocycles. The number of aliphatic hydroxyl groups excluding tert-OH is 3. The molecule has 0 aliphatic carbocycles. The molecule has 8 atom stereocenters. The van der Waals surface area contributed by atoms with E-state index in [0.717, 1.165) is 30.4 Å². The lowest BCUT2D eigenvalue weighted by atomic mass is 9.80. The lowest BCUT2D eigenvalue weighted by Gasteiger charge is -2.32. The first-order chi connectivity index (χ1) is 16.5. The molecule has 0 bridgehead atoms. The third-order valence-corrected chi connectivity index (χ3v) is 7.33. The Morgan fingerprint density at radius 2 is 1.49 bits per heavy atom. The molecule has 3 N–H and O–H groups in total. The molecule has 0 saturated carbocycles. The van der Waals surface area contributed by atoms with Gasteiger partial charge in [0.2, 0.25) is 0 Å². The van der Waals surface area contributed by atoms with Gasteiger partial charge in [0.25, 0.3) is 0 Å². The van der Waals surface area contributed by atoms with Crippen LogP contribution in [0.4, 0.5) is 0 Å². The van der Waals surface area contributed by atoms with Crippen LogP contribution in [0.1, 0.15) is 79.7 Å². The highest BCUT2D eigenvalue weighted by atomic mass is 16.3. The summed E-state index contributed by atoms with van der Waals surface area (Å²) in [6.45, 7) is 14.1. The maximum absolute atomic E-state index is 12.2. The first-order valence-electron chi connectivity index (χ1n) is 13.4. The fraction of sp³-hybridized carbons (Fsp3) is 0.645. The average molecular weight is 487 g/mol. The minimum atomic E-state index is -0.605.